The summed E-state index contributed by atoms with van der Waals surface area (Å²) in [5, 5.41) is 0. The van der Waals surface area contributed by atoms with E-state index in [1.165, 1.54) is 12.2 Å². The molecule has 10 heavy (non-hydrogen) atoms. The summed E-state index contributed by atoms with van der Waals surface area (Å²) in [6, 6.07) is 0. The lowest BCUT2D eigenvalue weighted by Gasteiger charge is -1.81. The van der Waals surface area contributed by atoms with Crippen LogP contribution in [0.25, 0.3) is 0 Å². The predicted molar refractivity (Wildman–Crippen MR) is 41.0 cm³/mol. The van der Waals surface area contributed by atoms with Crippen molar-refractivity contribution in [3.05, 3.63) is 0 Å². The molecule has 0 aromatic carbocycles. The first-order valence-electron chi connectivity index (χ1n) is 2.49. The second-order valence-electron chi connectivity index (χ2n) is 1.30. The zero-order chi connectivity index (χ0) is 6.95. The lowest BCUT2D eigenvalue weighted by atomic mass is 10.4. The van der Waals surface area contributed by atoms with E-state index in [2.05, 4.69) is 9.98 Å². The third-order valence-corrected chi connectivity index (χ3v) is 0.669. The molecule has 5 heteroatoms. The van der Waals surface area contributed by atoms with Crippen molar-refractivity contribution in [3.63, 3.8) is 0 Å². The van der Waals surface area contributed by atoms with Gasteiger partial charge in [0.15, 0.2) is 0 Å². The van der Waals surface area contributed by atoms with Gasteiger partial charge in [0, 0.05) is 0 Å². The highest BCUT2D eigenvalue weighted by Gasteiger charge is 1.79. The van der Waals surface area contributed by atoms with Gasteiger partial charge in [0.25, 0.3) is 0 Å². The molecular formula is C5H8N2O2S. The molecule has 0 bridgehead atoms. The Balaban J connectivity index is 0. The summed E-state index contributed by atoms with van der Waals surface area (Å²) >= 11 is 0. The lowest BCUT2D eigenvalue weighted by molar-refractivity contribution is 0.561. The fraction of sp³-hybridized carbons (Fsp3) is 0.600. The molecule has 0 rings (SSSR count). The molecular weight excluding hydrogens is 152 g/mol. The minimum Gasteiger partial charge on any atom is -0.211 e. The highest BCUT2D eigenvalue weighted by Crippen LogP contribution is 1.78. The van der Waals surface area contributed by atoms with Crippen LogP contribution in [0.15, 0.2) is 9.98 Å². The summed E-state index contributed by atoms with van der Waals surface area (Å²) in [4.78, 5) is 25.4. The van der Waals surface area contributed by atoms with E-state index >= 15 is 0 Å². The molecule has 0 radical (unpaired) electrons. The maximum atomic E-state index is 9.44. The zero-order valence-electron chi connectivity index (χ0n) is 5.33. The van der Waals surface area contributed by atoms with Crippen molar-refractivity contribution in [1.29, 1.82) is 0 Å². The minimum atomic E-state index is 0. The van der Waals surface area contributed by atoms with Gasteiger partial charge in [0.2, 0.25) is 12.2 Å². The van der Waals surface area contributed by atoms with Crippen LogP contribution >= 0.6 is 13.5 Å². The Kier molecular flexibility index (Phi) is 13.0. The molecule has 0 aromatic rings. The summed E-state index contributed by atoms with van der Waals surface area (Å²) in [5.74, 6) is 0. The van der Waals surface area contributed by atoms with Gasteiger partial charge in [-0.3, -0.25) is 0 Å². The van der Waals surface area contributed by atoms with Gasteiger partial charge >= 0.3 is 0 Å². The van der Waals surface area contributed by atoms with Crippen LogP contribution in [-0.2, 0) is 9.59 Å². The molecule has 0 atom stereocenters. The van der Waals surface area contributed by atoms with Crippen LogP contribution in [0.4, 0.5) is 0 Å². The van der Waals surface area contributed by atoms with Crippen LogP contribution in [0.1, 0.15) is 6.42 Å². The van der Waals surface area contributed by atoms with Gasteiger partial charge in [0.05, 0.1) is 13.1 Å². The van der Waals surface area contributed by atoms with Gasteiger partial charge in [-0.2, -0.15) is 13.5 Å². The molecule has 4 nitrogen and oxygen atoms in total. The normalized spacial score (nSPS) is 6.40. The second kappa shape index (κ2) is 11.0. The lowest BCUT2D eigenvalue weighted by Crippen LogP contribution is -1.83. The Morgan fingerprint density at radius 2 is 1.40 bits per heavy atom. The summed E-state index contributed by atoms with van der Waals surface area (Å²) in [6.07, 6.45) is 3.36. The fourth-order valence-corrected chi connectivity index (χ4v) is 0.320. The van der Waals surface area contributed by atoms with E-state index in [4.69, 9.17) is 0 Å². The van der Waals surface area contributed by atoms with Crippen LogP contribution in [0.5, 0.6) is 0 Å². The smallest absolute Gasteiger partial charge is 0.211 e. The molecule has 0 aliphatic heterocycles. The van der Waals surface area contributed by atoms with Gasteiger partial charge in [-0.05, 0) is 6.42 Å². The molecule has 56 valence electrons. The summed E-state index contributed by atoms with van der Waals surface area (Å²) in [6.45, 7) is 0.767. The monoisotopic (exact) mass is 160 g/mol. The fourth-order valence-electron chi connectivity index (χ4n) is 0.320. The molecule has 0 aliphatic carbocycles. The van der Waals surface area contributed by atoms with E-state index in [0.29, 0.717) is 19.5 Å². The topological polar surface area (TPSA) is 58.9 Å². The summed E-state index contributed by atoms with van der Waals surface area (Å²) in [5.41, 5.74) is 0. The Hall–Kier alpha value is -0.890. The number of hydrogen-bond acceptors (Lipinski definition) is 4. The van der Waals surface area contributed by atoms with Crippen molar-refractivity contribution in [3.8, 4) is 0 Å². The first kappa shape index (κ1) is 11.9. The molecule has 0 aliphatic rings. The maximum Gasteiger partial charge on any atom is 0.234 e. The molecule has 0 spiro atoms. The van der Waals surface area contributed by atoms with Gasteiger partial charge in [-0.25, -0.2) is 19.6 Å². The number of rotatable bonds is 4. The van der Waals surface area contributed by atoms with E-state index in [9.17, 15) is 9.59 Å². The molecule has 0 saturated heterocycles. The van der Waals surface area contributed by atoms with Crippen molar-refractivity contribution in [2.75, 3.05) is 13.1 Å². The second-order valence-corrected chi connectivity index (χ2v) is 1.30. The summed E-state index contributed by atoms with van der Waals surface area (Å²) < 4.78 is 0. The Morgan fingerprint density at radius 1 is 1.00 bits per heavy atom. The third-order valence-electron chi connectivity index (χ3n) is 0.669. The Labute approximate surface area is 65.5 Å². The number of hydrogen-bond donors (Lipinski definition) is 0. The Bertz CT molecular complexity index is 141. The average Bonchev–Trinajstić information content (AvgIpc) is 1.89. The van der Waals surface area contributed by atoms with E-state index in [-0.39, 0.29) is 13.5 Å². The largest absolute Gasteiger partial charge is 0.234 e. The molecule has 0 N–H and O–H groups in total. The van der Waals surface area contributed by atoms with Crippen molar-refractivity contribution >= 4 is 25.7 Å². The van der Waals surface area contributed by atoms with Crippen molar-refractivity contribution in [1.82, 2.24) is 0 Å². The number of isocyanates is 2. The molecule has 0 aromatic heterocycles. The van der Waals surface area contributed by atoms with Crippen molar-refractivity contribution in [2.24, 2.45) is 9.98 Å². The van der Waals surface area contributed by atoms with Gasteiger partial charge in [0.1, 0.15) is 0 Å². The highest BCUT2D eigenvalue weighted by molar-refractivity contribution is 7.59. The molecule has 0 amide bonds. The van der Waals surface area contributed by atoms with Crippen LogP contribution < -0.4 is 0 Å². The van der Waals surface area contributed by atoms with Gasteiger partial charge < -0.3 is 0 Å². The van der Waals surface area contributed by atoms with E-state index in [0.717, 1.165) is 0 Å². The third kappa shape index (κ3) is 10.2. The quantitative estimate of drug-likeness (QED) is 0.334. The number of carbonyl (C=O) groups excluding carboxylic acids is 2. The highest BCUT2D eigenvalue weighted by atomic mass is 32.1. The van der Waals surface area contributed by atoms with Crippen LogP contribution in [0.2, 0.25) is 0 Å². The molecule has 0 saturated carbocycles. The van der Waals surface area contributed by atoms with Crippen LogP contribution in [-0.4, -0.2) is 25.2 Å². The Morgan fingerprint density at radius 3 is 1.70 bits per heavy atom. The minimum absolute atomic E-state index is 0. The number of nitrogens with zero attached hydrogens (tertiary/aromatic N) is 2. The average molecular weight is 160 g/mol. The SMILES string of the molecule is O=C=NCCCN=C=O.S. The standard InChI is InChI=1S/C5H6N2O2.H2S/c8-4-6-2-1-3-7-5-9;/h1-3H2;1H2. The summed E-state index contributed by atoms with van der Waals surface area (Å²) in [7, 11) is 0. The van der Waals surface area contributed by atoms with Crippen molar-refractivity contribution < 1.29 is 9.59 Å². The molecule has 0 unspecified atom stereocenters. The van der Waals surface area contributed by atoms with E-state index < -0.39 is 0 Å². The van der Waals surface area contributed by atoms with Crippen LogP contribution in [0.3, 0.4) is 0 Å². The maximum absolute atomic E-state index is 9.44. The first-order chi connectivity index (χ1) is 4.41. The molecule has 0 heterocycles. The zero-order valence-corrected chi connectivity index (χ0v) is 6.33. The van der Waals surface area contributed by atoms with E-state index in [1.54, 1.807) is 0 Å². The van der Waals surface area contributed by atoms with Gasteiger partial charge in [-0.1, -0.05) is 0 Å². The van der Waals surface area contributed by atoms with Crippen molar-refractivity contribution in [2.45, 2.75) is 6.42 Å². The van der Waals surface area contributed by atoms with E-state index in [1.807, 2.05) is 0 Å². The predicted octanol–water partition coefficient (Wildman–Crippen LogP) is 0.161. The first-order valence-corrected chi connectivity index (χ1v) is 2.49. The number of aliphatic imine (C=N–C) groups is 2. The van der Waals surface area contributed by atoms with Crippen LogP contribution in [0, 0.1) is 0 Å². The molecule has 0 fully saturated rings. The van der Waals surface area contributed by atoms with Gasteiger partial charge in [-0.15, -0.1) is 0 Å².